The summed E-state index contributed by atoms with van der Waals surface area (Å²) < 4.78 is 107. The normalized spacial score (nSPS) is 14.4. The van der Waals surface area contributed by atoms with Crippen LogP contribution in [-0.2, 0) is 9.84 Å². The monoisotopic (exact) mass is 382 g/mol. The van der Waals surface area contributed by atoms with Crippen molar-refractivity contribution in [1.29, 1.82) is 0 Å². The number of alkyl halides is 2. The fraction of sp³-hybridized carbons (Fsp3) is 0.250. The van der Waals surface area contributed by atoms with Gasteiger partial charge in [-0.15, -0.1) is 0 Å². The minimum absolute atomic E-state index is 0.527. The summed E-state index contributed by atoms with van der Waals surface area (Å²) in [6, 6.07) is 2.31. The van der Waals surface area contributed by atoms with Gasteiger partial charge in [-0.1, -0.05) is 0 Å². The zero-order chi connectivity index (χ0) is 19.1. The van der Waals surface area contributed by atoms with Crippen molar-refractivity contribution >= 4 is 9.84 Å². The van der Waals surface area contributed by atoms with Gasteiger partial charge in [0, 0.05) is 22.3 Å². The first-order valence-corrected chi connectivity index (χ1v) is 8.51. The fourth-order valence-corrected chi connectivity index (χ4v) is 3.46. The largest absolute Gasteiger partial charge is 0.232 e. The van der Waals surface area contributed by atoms with Crippen LogP contribution in [0.15, 0.2) is 24.3 Å². The topological polar surface area (TPSA) is 34.1 Å². The van der Waals surface area contributed by atoms with Crippen LogP contribution in [0, 0.1) is 37.1 Å². The van der Waals surface area contributed by atoms with Gasteiger partial charge in [0.15, 0.2) is 0 Å². The molecule has 0 spiro atoms. The Morgan fingerprint density at radius 2 is 1.04 bits per heavy atom. The number of halogens is 6. The second kappa shape index (κ2) is 6.70. The number of sulfone groups is 1. The van der Waals surface area contributed by atoms with Gasteiger partial charge < -0.3 is 0 Å². The zero-order valence-electron chi connectivity index (χ0n) is 13.0. The zero-order valence-corrected chi connectivity index (χ0v) is 13.8. The second-order valence-electron chi connectivity index (χ2n) is 5.37. The van der Waals surface area contributed by atoms with E-state index in [1.807, 2.05) is 0 Å². The van der Waals surface area contributed by atoms with E-state index in [4.69, 9.17) is 0 Å². The van der Waals surface area contributed by atoms with E-state index in [2.05, 4.69) is 0 Å². The molecule has 0 bridgehead atoms. The first kappa shape index (κ1) is 19.3. The highest BCUT2D eigenvalue weighted by Crippen LogP contribution is 2.39. The highest BCUT2D eigenvalue weighted by Gasteiger charge is 2.40. The van der Waals surface area contributed by atoms with Crippen molar-refractivity contribution in [2.24, 2.45) is 0 Å². The van der Waals surface area contributed by atoms with Crippen molar-refractivity contribution in [3.63, 3.8) is 0 Å². The Kier molecular flexibility index (Phi) is 5.17. The molecule has 0 fully saturated rings. The van der Waals surface area contributed by atoms with Crippen molar-refractivity contribution in [1.82, 2.24) is 0 Å². The highest BCUT2D eigenvalue weighted by molar-refractivity contribution is 7.91. The third kappa shape index (κ3) is 3.24. The molecule has 9 heteroatoms. The van der Waals surface area contributed by atoms with Gasteiger partial charge in [-0.3, -0.25) is 0 Å². The molecule has 0 aliphatic carbocycles. The first-order chi connectivity index (χ1) is 11.5. The smallest absolute Gasteiger partial charge is 0.224 e. The lowest BCUT2D eigenvalue weighted by atomic mass is 10.1. The van der Waals surface area contributed by atoms with E-state index in [0.29, 0.717) is 24.3 Å². The van der Waals surface area contributed by atoms with Crippen molar-refractivity contribution in [3.8, 4) is 0 Å². The van der Waals surface area contributed by atoms with Gasteiger partial charge >= 0.3 is 0 Å². The summed E-state index contributed by atoms with van der Waals surface area (Å²) in [5, 5.41) is 0. The molecule has 2 atom stereocenters. The van der Waals surface area contributed by atoms with E-state index < -0.39 is 66.4 Å². The maximum Gasteiger partial charge on any atom is 0.232 e. The molecule has 2 aromatic rings. The van der Waals surface area contributed by atoms with E-state index in [9.17, 15) is 34.8 Å². The van der Waals surface area contributed by atoms with Crippen molar-refractivity contribution in [2.45, 2.75) is 24.9 Å². The maximum atomic E-state index is 14.3. The Bertz CT molecular complexity index is 857. The number of hydrogen-bond acceptors (Lipinski definition) is 2. The lowest BCUT2D eigenvalue weighted by Gasteiger charge is -2.17. The van der Waals surface area contributed by atoms with Crippen LogP contribution < -0.4 is 0 Å². The van der Waals surface area contributed by atoms with Crippen LogP contribution in [0.3, 0.4) is 0 Å². The first-order valence-electron chi connectivity index (χ1n) is 6.90. The summed E-state index contributed by atoms with van der Waals surface area (Å²) in [5.74, 6) is -5.05. The van der Waals surface area contributed by atoms with E-state index in [0.717, 1.165) is 13.8 Å². The molecule has 2 unspecified atom stereocenters. The van der Waals surface area contributed by atoms with Crippen LogP contribution >= 0.6 is 0 Å². The SMILES string of the molecule is Cc1c(F)ccc(C(F)S(=O)(=O)C(F)c2ccc(F)c(C)c2F)c1F. The quantitative estimate of drug-likeness (QED) is 0.704. The van der Waals surface area contributed by atoms with Crippen LogP contribution in [0.4, 0.5) is 26.3 Å². The summed E-state index contributed by atoms with van der Waals surface area (Å²) in [4.78, 5) is 0. The standard InChI is InChI=1S/C16H12F6O2S/c1-7-11(17)5-3-9(13(7)19)15(21)25(23,24)16(22)10-4-6-12(18)8(2)14(10)20/h3-6,15-16H,1-2H3. The van der Waals surface area contributed by atoms with Gasteiger partial charge in [-0.25, -0.2) is 34.8 Å². The molecule has 0 N–H and O–H groups in total. The molecule has 2 nitrogen and oxygen atoms in total. The summed E-state index contributed by atoms with van der Waals surface area (Å²) in [7, 11) is -5.41. The molecule has 0 aliphatic heterocycles. The molecular formula is C16H12F6O2S. The molecule has 0 aromatic heterocycles. The van der Waals surface area contributed by atoms with Gasteiger partial charge in [-0.05, 0) is 38.1 Å². The Balaban J connectivity index is 2.51. The third-order valence-electron chi connectivity index (χ3n) is 3.77. The number of hydrogen-bond donors (Lipinski definition) is 0. The summed E-state index contributed by atoms with van der Waals surface area (Å²) >= 11 is 0. The highest BCUT2D eigenvalue weighted by atomic mass is 32.2. The van der Waals surface area contributed by atoms with E-state index in [-0.39, 0.29) is 0 Å². The Morgan fingerprint density at radius 3 is 1.36 bits per heavy atom. The van der Waals surface area contributed by atoms with Gasteiger partial charge in [0.2, 0.25) is 20.8 Å². The Morgan fingerprint density at radius 1 is 0.720 bits per heavy atom. The van der Waals surface area contributed by atoms with Crippen LogP contribution in [0.1, 0.15) is 33.3 Å². The predicted molar refractivity (Wildman–Crippen MR) is 78.8 cm³/mol. The van der Waals surface area contributed by atoms with Gasteiger partial charge in [0.1, 0.15) is 23.3 Å². The van der Waals surface area contributed by atoms with Crippen molar-refractivity contribution < 1.29 is 34.8 Å². The molecular weight excluding hydrogens is 370 g/mol. The van der Waals surface area contributed by atoms with E-state index in [1.54, 1.807) is 0 Å². The molecule has 0 aliphatic rings. The number of rotatable bonds is 4. The molecule has 0 saturated carbocycles. The summed E-state index contributed by atoms with van der Waals surface area (Å²) in [6.07, 6.45) is 0. The van der Waals surface area contributed by atoms with E-state index in [1.165, 1.54) is 0 Å². The fourth-order valence-electron chi connectivity index (χ4n) is 2.17. The third-order valence-corrected chi connectivity index (χ3v) is 5.43. The van der Waals surface area contributed by atoms with Crippen molar-refractivity contribution in [2.75, 3.05) is 0 Å². The van der Waals surface area contributed by atoms with Gasteiger partial charge in [-0.2, -0.15) is 0 Å². The minimum atomic E-state index is -5.41. The maximum absolute atomic E-state index is 14.3. The minimum Gasteiger partial charge on any atom is -0.224 e. The molecule has 2 rings (SSSR count). The number of benzene rings is 2. The van der Waals surface area contributed by atoms with Gasteiger partial charge in [0.25, 0.3) is 0 Å². The molecule has 2 aromatic carbocycles. The summed E-state index contributed by atoms with van der Waals surface area (Å²) in [5.41, 5.74) is -9.89. The Labute approximate surface area is 140 Å². The average Bonchev–Trinajstić information content (AvgIpc) is 2.56. The Hall–Kier alpha value is -2.03. The second-order valence-corrected chi connectivity index (χ2v) is 7.38. The molecule has 0 saturated heterocycles. The van der Waals surface area contributed by atoms with Crippen LogP contribution in [0.25, 0.3) is 0 Å². The molecule has 0 amide bonds. The summed E-state index contributed by atoms with van der Waals surface area (Å²) in [6.45, 7) is 1.90. The van der Waals surface area contributed by atoms with Crippen LogP contribution in [0.5, 0.6) is 0 Å². The van der Waals surface area contributed by atoms with Crippen LogP contribution in [-0.4, -0.2) is 8.42 Å². The lowest BCUT2D eigenvalue weighted by molar-refractivity contribution is 0.367. The lowest BCUT2D eigenvalue weighted by Crippen LogP contribution is -2.18. The van der Waals surface area contributed by atoms with Gasteiger partial charge in [0.05, 0.1) is 0 Å². The van der Waals surface area contributed by atoms with Crippen LogP contribution in [0.2, 0.25) is 0 Å². The van der Waals surface area contributed by atoms with Crippen molar-refractivity contribution in [3.05, 3.63) is 69.8 Å². The molecule has 136 valence electrons. The molecule has 25 heavy (non-hydrogen) atoms. The molecule has 0 radical (unpaired) electrons. The molecule has 0 heterocycles. The van der Waals surface area contributed by atoms with E-state index >= 15 is 0 Å². The average molecular weight is 382 g/mol. The predicted octanol–water partition coefficient (Wildman–Crippen LogP) is 4.91.